The van der Waals surface area contributed by atoms with Crippen molar-refractivity contribution in [3.63, 3.8) is 0 Å². The molecule has 0 aliphatic carbocycles. The summed E-state index contributed by atoms with van der Waals surface area (Å²) in [6.07, 6.45) is -0.162. The molecule has 1 rings (SSSR count). The molecule has 7 nitrogen and oxygen atoms in total. The maximum absolute atomic E-state index is 11.9. The first kappa shape index (κ1) is 14.7. The zero-order valence-corrected chi connectivity index (χ0v) is 11.3. The SMILES string of the molecule is COC(=O)CC(C)S(=O)(=O)CCN1CCNC1=O. The number of esters is 1. The molecule has 104 valence electrons. The van der Waals surface area contributed by atoms with Gasteiger partial charge in [-0.1, -0.05) is 0 Å². The van der Waals surface area contributed by atoms with E-state index in [1.807, 2.05) is 0 Å². The normalized spacial score (nSPS) is 17.4. The van der Waals surface area contributed by atoms with Crippen LogP contribution in [0, 0.1) is 0 Å². The lowest BCUT2D eigenvalue weighted by Gasteiger charge is -2.16. The van der Waals surface area contributed by atoms with E-state index in [-0.39, 0.29) is 24.7 Å². The molecular formula is C10H18N2O5S. The summed E-state index contributed by atoms with van der Waals surface area (Å²) in [5.74, 6) is -0.691. The van der Waals surface area contributed by atoms with Crippen LogP contribution in [0.3, 0.4) is 0 Å². The van der Waals surface area contributed by atoms with Crippen LogP contribution >= 0.6 is 0 Å². The van der Waals surface area contributed by atoms with E-state index in [1.165, 1.54) is 18.9 Å². The van der Waals surface area contributed by atoms with Gasteiger partial charge in [-0.2, -0.15) is 0 Å². The Labute approximate surface area is 106 Å². The number of urea groups is 1. The van der Waals surface area contributed by atoms with Crippen molar-refractivity contribution in [2.75, 3.05) is 32.5 Å². The number of nitrogens with one attached hydrogen (secondary N) is 1. The lowest BCUT2D eigenvalue weighted by Crippen LogP contribution is -2.35. The van der Waals surface area contributed by atoms with Gasteiger partial charge >= 0.3 is 12.0 Å². The molecule has 1 aliphatic rings. The first-order valence-electron chi connectivity index (χ1n) is 5.68. The Morgan fingerprint density at radius 2 is 2.22 bits per heavy atom. The number of carbonyl (C=O) groups excluding carboxylic acids is 2. The Bertz CT molecular complexity index is 420. The summed E-state index contributed by atoms with van der Waals surface area (Å²) >= 11 is 0. The van der Waals surface area contributed by atoms with Gasteiger partial charge in [0.05, 0.1) is 24.5 Å². The van der Waals surface area contributed by atoms with Crippen molar-refractivity contribution in [3.05, 3.63) is 0 Å². The molecule has 2 amide bonds. The molecule has 0 aromatic carbocycles. The van der Waals surface area contributed by atoms with Gasteiger partial charge in [-0.15, -0.1) is 0 Å². The molecule has 1 saturated heterocycles. The summed E-state index contributed by atoms with van der Waals surface area (Å²) in [5, 5.41) is 1.80. The number of hydrogen-bond acceptors (Lipinski definition) is 5. The van der Waals surface area contributed by atoms with Gasteiger partial charge in [-0.05, 0) is 6.92 Å². The molecule has 1 fully saturated rings. The monoisotopic (exact) mass is 278 g/mol. The summed E-state index contributed by atoms with van der Waals surface area (Å²) in [6.45, 7) is 2.67. The van der Waals surface area contributed by atoms with Crippen LogP contribution in [0.15, 0.2) is 0 Å². The van der Waals surface area contributed by atoms with Crippen LogP contribution in [0.5, 0.6) is 0 Å². The third-order valence-electron chi connectivity index (χ3n) is 2.89. The molecule has 8 heteroatoms. The largest absolute Gasteiger partial charge is 0.469 e. The smallest absolute Gasteiger partial charge is 0.317 e. The third-order valence-corrected chi connectivity index (χ3v) is 5.03. The molecule has 0 aromatic heterocycles. The van der Waals surface area contributed by atoms with E-state index in [9.17, 15) is 18.0 Å². The standard InChI is InChI=1S/C10H18N2O5S/c1-8(7-9(13)17-2)18(15,16)6-5-12-4-3-11-10(12)14/h8H,3-7H2,1-2H3,(H,11,14). The van der Waals surface area contributed by atoms with Gasteiger partial charge < -0.3 is 15.0 Å². The highest BCUT2D eigenvalue weighted by Crippen LogP contribution is 2.09. The van der Waals surface area contributed by atoms with E-state index < -0.39 is 21.1 Å². The van der Waals surface area contributed by atoms with E-state index >= 15 is 0 Å². The molecular weight excluding hydrogens is 260 g/mol. The van der Waals surface area contributed by atoms with Gasteiger partial charge in [0.1, 0.15) is 0 Å². The van der Waals surface area contributed by atoms with E-state index in [2.05, 4.69) is 10.1 Å². The van der Waals surface area contributed by atoms with Crippen molar-refractivity contribution in [2.24, 2.45) is 0 Å². The Morgan fingerprint density at radius 3 is 2.72 bits per heavy atom. The summed E-state index contributed by atoms with van der Waals surface area (Å²) in [4.78, 5) is 23.7. The summed E-state index contributed by atoms with van der Waals surface area (Å²) in [7, 11) is -2.18. The first-order chi connectivity index (χ1) is 8.36. The molecule has 0 aromatic rings. The minimum absolute atomic E-state index is 0.140. The fourth-order valence-electron chi connectivity index (χ4n) is 1.61. The van der Waals surface area contributed by atoms with Gasteiger partial charge in [0.15, 0.2) is 9.84 Å². The lowest BCUT2D eigenvalue weighted by atomic mass is 10.3. The quantitative estimate of drug-likeness (QED) is 0.653. The van der Waals surface area contributed by atoms with Crippen LogP contribution < -0.4 is 5.32 Å². The van der Waals surface area contributed by atoms with E-state index in [1.54, 1.807) is 0 Å². The van der Waals surface area contributed by atoms with E-state index in [4.69, 9.17) is 0 Å². The molecule has 1 heterocycles. The van der Waals surface area contributed by atoms with Crippen molar-refractivity contribution in [1.82, 2.24) is 10.2 Å². The Morgan fingerprint density at radius 1 is 1.56 bits per heavy atom. The summed E-state index contributed by atoms with van der Waals surface area (Å²) in [6, 6.07) is -0.245. The first-order valence-corrected chi connectivity index (χ1v) is 7.39. The van der Waals surface area contributed by atoms with E-state index in [0.29, 0.717) is 13.1 Å². The van der Waals surface area contributed by atoms with Crippen LogP contribution in [-0.2, 0) is 19.4 Å². The predicted octanol–water partition coefficient (Wildman–Crippen LogP) is -0.622. The number of hydrogen-bond donors (Lipinski definition) is 1. The second-order valence-corrected chi connectivity index (χ2v) is 6.72. The number of methoxy groups -OCH3 is 1. The third kappa shape index (κ3) is 3.86. The fourth-order valence-corrected chi connectivity index (χ4v) is 2.88. The highest BCUT2D eigenvalue weighted by molar-refractivity contribution is 7.92. The van der Waals surface area contributed by atoms with Crippen LogP contribution in [0.25, 0.3) is 0 Å². The molecule has 18 heavy (non-hydrogen) atoms. The van der Waals surface area contributed by atoms with Crippen molar-refractivity contribution >= 4 is 21.8 Å². The number of amides is 2. The number of ether oxygens (including phenoxy) is 1. The highest BCUT2D eigenvalue weighted by Gasteiger charge is 2.27. The number of rotatable bonds is 6. The van der Waals surface area contributed by atoms with Crippen LogP contribution in [0.4, 0.5) is 4.79 Å². The lowest BCUT2D eigenvalue weighted by molar-refractivity contribution is -0.140. The minimum atomic E-state index is -3.40. The van der Waals surface area contributed by atoms with Crippen LogP contribution in [-0.4, -0.2) is 63.1 Å². The second-order valence-electron chi connectivity index (χ2n) is 4.18. The molecule has 0 bridgehead atoms. The van der Waals surface area contributed by atoms with Crippen LogP contribution in [0.2, 0.25) is 0 Å². The van der Waals surface area contributed by atoms with Gasteiger partial charge in [0, 0.05) is 19.6 Å². The Hall–Kier alpha value is -1.31. The van der Waals surface area contributed by atoms with E-state index in [0.717, 1.165) is 0 Å². The average molecular weight is 278 g/mol. The number of carbonyl (C=O) groups is 2. The zero-order chi connectivity index (χ0) is 13.8. The molecule has 0 radical (unpaired) electrons. The fraction of sp³-hybridized carbons (Fsp3) is 0.800. The second kappa shape index (κ2) is 6.03. The Kier molecular flexibility index (Phi) is 4.94. The molecule has 1 unspecified atom stereocenters. The zero-order valence-electron chi connectivity index (χ0n) is 10.5. The van der Waals surface area contributed by atoms with Gasteiger partial charge in [0.2, 0.25) is 0 Å². The van der Waals surface area contributed by atoms with Crippen molar-refractivity contribution in [2.45, 2.75) is 18.6 Å². The predicted molar refractivity (Wildman–Crippen MR) is 64.9 cm³/mol. The molecule has 1 atom stereocenters. The Balaban J connectivity index is 2.48. The van der Waals surface area contributed by atoms with Crippen molar-refractivity contribution in [1.29, 1.82) is 0 Å². The number of nitrogens with zero attached hydrogens (tertiary/aromatic N) is 1. The minimum Gasteiger partial charge on any atom is -0.469 e. The molecule has 0 spiro atoms. The molecule has 0 saturated carbocycles. The average Bonchev–Trinajstić information content (AvgIpc) is 2.72. The van der Waals surface area contributed by atoms with Gasteiger partial charge in [-0.25, -0.2) is 13.2 Å². The van der Waals surface area contributed by atoms with Gasteiger partial charge in [0.25, 0.3) is 0 Å². The maximum atomic E-state index is 11.9. The topological polar surface area (TPSA) is 92.8 Å². The number of sulfone groups is 1. The summed E-state index contributed by atoms with van der Waals surface area (Å²) in [5.41, 5.74) is 0. The van der Waals surface area contributed by atoms with Gasteiger partial charge in [-0.3, -0.25) is 4.79 Å². The van der Waals surface area contributed by atoms with Crippen molar-refractivity contribution < 1.29 is 22.7 Å². The molecule has 1 N–H and O–H groups in total. The maximum Gasteiger partial charge on any atom is 0.317 e. The van der Waals surface area contributed by atoms with Crippen LogP contribution in [0.1, 0.15) is 13.3 Å². The van der Waals surface area contributed by atoms with Crippen molar-refractivity contribution in [3.8, 4) is 0 Å². The summed E-state index contributed by atoms with van der Waals surface area (Å²) < 4.78 is 28.2. The highest BCUT2D eigenvalue weighted by atomic mass is 32.2. The molecule has 1 aliphatic heterocycles.